The van der Waals surface area contributed by atoms with Crippen molar-refractivity contribution in [2.24, 2.45) is 0 Å². The zero-order valence-corrected chi connectivity index (χ0v) is 12.4. The summed E-state index contributed by atoms with van der Waals surface area (Å²) in [6.07, 6.45) is 1.23. The van der Waals surface area contributed by atoms with E-state index < -0.39 is 0 Å². The summed E-state index contributed by atoms with van der Waals surface area (Å²) in [5.41, 5.74) is 1.17. The van der Waals surface area contributed by atoms with Gasteiger partial charge in [0.15, 0.2) is 0 Å². The van der Waals surface area contributed by atoms with E-state index in [-0.39, 0.29) is 5.82 Å². The monoisotopic (exact) mass is 314 g/mol. The lowest BCUT2D eigenvalue weighted by Crippen LogP contribution is -2.45. The molecule has 0 N–H and O–H groups in total. The summed E-state index contributed by atoms with van der Waals surface area (Å²) in [7, 11) is 0. The average Bonchev–Trinajstić information content (AvgIpc) is 2.37. The van der Waals surface area contributed by atoms with Crippen molar-refractivity contribution in [2.75, 3.05) is 32.7 Å². The molecule has 2 rings (SSSR count). The van der Waals surface area contributed by atoms with Crippen LogP contribution < -0.4 is 0 Å². The van der Waals surface area contributed by atoms with Crippen LogP contribution in [0.5, 0.6) is 0 Å². The lowest BCUT2D eigenvalue weighted by atomic mass is 10.2. The third-order valence-electron chi connectivity index (χ3n) is 3.39. The molecule has 0 atom stereocenters. The van der Waals surface area contributed by atoms with E-state index in [0.29, 0.717) is 4.47 Å². The number of piperazine rings is 1. The second-order valence-corrected chi connectivity index (χ2v) is 5.72. The van der Waals surface area contributed by atoms with Crippen LogP contribution in [0.25, 0.3) is 0 Å². The number of nitrogens with zero attached hydrogens (tertiary/aromatic N) is 2. The summed E-state index contributed by atoms with van der Waals surface area (Å²) in [5.74, 6) is -0.188. The summed E-state index contributed by atoms with van der Waals surface area (Å²) in [6, 6.07) is 5.29. The lowest BCUT2D eigenvalue weighted by molar-refractivity contribution is 0.127. The first-order chi connectivity index (χ1) is 8.69. The van der Waals surface area contributed by atoms with Crippen LogP contribution in [0.1, 0.15) is 18.9 Å². The van der Waals surface area contributed by atoms with Gasteiger partial charge in [-0.2, -0.15) is 0 Å². The summed E-state index contributed by atoms with van der Waals surface area (Å²) < 4.78 is 13.7. The third kappa shape index (κ3) is 3.77. The molecule has 100 valence electrons. The Bertz CT molecular complexity index is 389. The van der Waals surface area contributed by atoms with Crippen LogP contribution in [0.3, 0.4) is 0 Å². The SMILES string of the molecule is CCCN1CCN(Cc2ccc(F)c(Br)c2)CC1. The largest absolute Gasteiger partial charge is 0.301 e. The van der Waals surface area contributed by atoms with Crippen molar-refractivity contribution >= 4 is 15.9 Å². The lowest BCUT2D eigenvalue weighted by Gasteiger charge is -2.34. The third-order valence-corrected chi connectivity index (χ3v) is 4.00. The molecule has 1 heterocycles. The molecule has 18 heavy (non-hydrogen) atoms. The molecule has 0 spiro atoms. The second kappa shape index (κ2) is 6.64. The van der Waals surface area contributed by atoms with E-state index in [2.05, 4.69) is 32.7 Å². The number of rotatable bonds is 4. The fourth-order valence-electron chi connectivity index (χ4n) is 2.38. The molecule has 0 aliphatic carbocycles. The van der Waals surface area contributed by atoms with Gasteiger partial charge in [-0.25, -0.2) is 4.39 Å². The maximum atomic E-state index is 13.1. The van der Waals surface area contributed by atoms with Gasteiger partial charge in [0.2, 0.25) is 0 Å². The van der Waals surface area contributed by atoms with Crippen LogP contribution in [0.15, 0.2) is 22.7 Å². The predicted molar refractivity (Wildman–Crippen MR) is 76.1 cm³/mol. The van der Waals surface area contributed by atoms with E-state index in [0.717, 1.165) is 32.7 Å². The molecule has 4 heteroatoms. The molecule has 0 saturated carbocycles. The van der Waals surface area contributed by atoms with Crippen molar-refractivity contribution in [1.29, 1.82) is 0 Å². The minimum absolute atomic E-state index is 0.188. The van der Waals surface area contributed by atoms with Crippen molar-refractivity contribution in [3.63, 3.8) is 0 Å². The predicted octanol–water partition coefficient (Wildman–Crippen LogP) is 3.12. The topological polar surface area (TPSA) is 6.48 Å². The Morgan fingerprint density at radius 2 is 1.83 bits per heavy atom. The highest BCUT2D eigenvalue weighted by Crippen LogP contribution is 2.18. The fourth-order valence-corrected chi connectivity index (χ4v) is 2.81. The van der Waals surface area contributed by atoms with Gasteiger partial charge in [0.25, 0.3) is 0 Å². The van der Waals surface area contributed by atoms with E-state index in [1.165, 1.54) is 24.6 Å². The van der Waals surface area contributed by atoms with Gasteiger partial charge in [0.05, 0.1) is 4.47 Å². The van der Waals surface area contributed by atoms with Crippen molar-refractivity contribution in [2.45, 2.75) is 19.9 Å². The van der Waals surface area contributed by atoms with Gasteiger partial charge in [-0.15, -0.1) is 0 Å². The summed E-state index contributed by atoms with van der Waals surface area (Å²) in [5, 5.41) is 0. The van der Waals surface area contributed by atoms with E-state index >= 15 is 0 Å². The van der Waals surface area contributed by atoms with Gasteiger partial charge in [-0.05, 0) is 46.6 Å². The number of halogens is 2. The average molecular weight is 315 g/mol. The van der Waals surface area contributed by atoms with Gasteiger partial charge in [0, 0.05) is 32.7 Å². The second-order valence-electron chi connectivity index (χ2n) is 4.87. The molecule has 1 aliphatic rings. The molecule has 0 bridgehead atoms. The maximum absolute atomic E-state index is 13.1. The summed E-state index contributed by atoms with van der Waals surface area (Å²) in [4.78, 5) is 4.95. The Hall–Kier alpha value is -0.450. The first-order valence-electron chi connectivity index (χ1n) is 6.57. The standard InChI is InChI=1S/C14H20BrFN2/c1-2-5-17-6-8-18(9-7-17)11-12-3-4-14(16)13(15)10-12/h3-4,10H,2,5-9,11H2,1H3. The van der Waals surface area contributed by atoms with Crippen LogP contribution in [0.2, 0.25) is 0 Å². The number of hydrogen-bond acceptors (Lipinski definition) is 2. The highest BCUT2D eigenvalue weighted by Gasteiger charge is 2.16. The maximum Gasteiger partial charge on any atom is 0.137 e. The van der Waals surface area contributed by atoms with E-state index in [4.69, 9.17) is 0 Å². The van der Waals surface area contributed by atoms with E-state index in [1.54, 1.807) is 0 Å². The highest BCUT2D eigenvalue weighted by molar-refractivity contribution is 9.10. The molecule has 1 aliphatic heterocycles. The van der Waals surface area contributed by atoms with Crippen LogP contribution in [0, 0.1) is 5.82 Å². The van der Waals surface area contributed by atoms with Crippen LogP contribution >= 0.6 is 15.9 Å². The Kier molecular flexibility index (Phi) is 5.15. The van der Waals surface area contributed by atoms with E-state index in [9.17, 15) is 4.39 Å². The summed E-state index contributed by atoms with van der Waals surface area (Å²) >= 11 is 3.24. The molecular formula is C14H20BrFN2. The molecule has 0 amide bonds. The minimum Gasteiger partial charge on any atom is -0.301 e. The van der Waals surface area contributed by atoms with Gasteiger partial charge in [-0.1, -0.05) is 13.0 Å². The Labute approximate surface area is 117 Å². The highest BCUT2D eigenvalue weighted by atomic mass is 79.9. The molecule has 1 saturated heterocycles. The zero-order valence-electron chi connectivity index (χ0n) is 10.8. The molecule has 1 fully saturated rings. The summed E-state index contributed by atoms with van der Waals surface area (Å²) in [6.45, 7) is 8.85. The van der Waals surface area contributed by atoms with Crippen molar-refractivity contribution in [3.8, 4) is 0 Å². The minimum atomic E-state index is -0.188. The molecule has 1 aromatic carbocycles. The normalized spacial score (nSPS) is 18.2. The van der Waals surface area contributed by atoms with Crippen molar-refractivity contribution < 1.29 is 4.39 Å². The van der Waals surface area contributed by atoms with Gasteiger partial charge < -0.3 is 4.90 Å². The Morgan fingerprint density at radius 3 is 2.44 bits per heavy atom. The Balaban J connectivity index is 1.85. The van der Waals surface area contributed by atoms with Crippen LogP contribution in [-0.2, 0) is 6.54 Å². The first kappa shape index (κ1) is 14.0. The fraction of sp³-hybridized carbons (Fsp3) is 0.571. The number of hydrogen-bond donors (Lipinski definition) is 0. The Morgan fingerprint density at radius 1 is 1.17 bits per heavy atom. The quantitative estimate of drug-likeness (QED) is 0.842. The van der Waals surface area contributed by atoms with Crippen molar-refractivity contribution in [3.05, 3.63) is 34.1 Å². The molecule has 0 aromatic heterocycles. The first-order valence-corrected chi connectivity index (χ1v) is 7.37. The number of benzene rings is 1. The van der Waals surface area contributed by atoms with Crippen LogP contribution in [0.4, 0.5) is 4.39 Å². The van der Waals surface area contributed by atoms with Gasteiger partial charge >= 0.3 is 0 Å². The van der Waals surface area contributed by atoms with Gasteiger partial charge in [0.1, 0.15) is 5.82 Å². The van der Waals surface area contributed by atoms with Gasteiger partial charge in [-0.3, -0.25) is 4.90 Å². The molecule has 0 unspecified atom stereocenters. The molecule has 0 radical (unpaired) electrons. The van der Waals surface area contributed by atoms with Crippen molar-refractivity contribution in [1.82, 2.24) is 9.80 Å². The smallest absolute Gasteiger partial charge is 0.137 e. The molecule has 1 aromatic rings. The zero-order chi connectivity index (χ0) is 13.0. The molecule has 2 nitrogen and oxygen atoms in total. The van der Waals surface area contributed by atoms with Crippen LogP contribution in [-0.4, -0.2) is 42.5 Å². The molecular weight excluding hydrogens is 295 g/mol. The van der Waals surface area contributed by atoms with E-state index in [1.807, 2.05) is 12.1 Å².